The van der Waals surface area contributed by atoms with Crippen molar-refractivity contribution in [1.29, 1.82) is 0 Å². The summed E-state index contributed by atoms with van der Waals surface area (Å²) in [6, 6.07) is 0. The molecule has 0 amide bonds. The third kappa shape index (κ3) is 63.5. The van der Waals surface area contributed by atoms with Gasteiger partial charge in [0.25, 0.3) is 0 Å². The Balaban J connectivity index is 5.23. The number of ether oxygens (including phenoxy) is 4. The quantitative estimate of drug-likeness (QED) is 0.0222. The SMILES string of the molecule is CCC(C)CCCCCCCCC(=O)O[C@H](COC(=O)CCCCCCCCCCCCCCCC(C)C)COP(=O)(O)OCC(O)COP(=O)(O)OC[C@@H](COC(=O)CCCCCCCCCCC(C)C)OC(=O)CCCCCCCCCCCCC(C)C. The molecule has 0 radical (unpaired) electrons. The minimum absolute atomic E-state index is 0.103. The van der Waals surface area contributed by atoms with E-state index in [1.807, 2.05) is 0 Å². The lowest BCUT2D eigenvalue weighted by molar-refractivity contribution is -0.161. The maximum Gasteiger partial charge on any atom is 0.472 e. The highest BCUT2D eigenvalue weighted by molar-refractivity contribution is 7.47. The molecule has 0 rings (SSSR count). The molecule has 0 saturated carbocycles. The van der Waals surface area contributed by atoms with E-state index in [-0.39, 0.29) is 25.7 Å². The van der Waals surface area contributed by atoms with Crippen LogP contribution in [0.1, 0.15) is 351 Å². The van der Waals surface area contributed by atoms with Crippen molar-refractivity contribution in [1.82, 2.24) is 0 Å². The fraction of sp³-hybridized carbons (Fsp3) is 0.944. The van der Waals surface area contributed by atoms with E-state index < -0.39 is 97.5 Å². The van der Waals surface area contributed by atoms with Crippen molar-refractivity contribution in [2.75, 3.05) is 39.6 Å². The average Bonchev–Trinajstić information content (AvgIpc) is 3.68. The van der Waals surface area contributed by atoms with Gasteiger partial charge in [0.1, 0.15) is 19.3 Å². The third-order valence-electron chi connectivity index (χ3n) is 16.7. The minimum atomic E-state index is -4.95. The minimum Gasteiger partial charge on any atom is -0.462 e. The molecule has 0 aliphatic carbocycles. The van der Waals surface area contributed by atoms with Gasteiger partial charge in [-0.25, -0.2) is 9.13 Å². The first-order chi connectivity index (χ1) is 43.1. The molecule has 19 heteroatoms. The second kappa shape index (κ2) is 60.7. The predicted molar refractivity (Wildman–Crippen MR) is 363 cm³/mol. The standard InChI is InChI=1S/C71H138O17P2/c1-9-64(8)50-42-34-29-30-38-46-54-71(76)88-67(58-81-68(73)51-43-35-26-19-14-12-10-11-13-17-23-31-39-47-61(2)3)60-86-90(79,80)84-56-65(72)55-83-89(77,78)85-59-66(57-82-69(74)52-44-36-27-22-21-25-33-41-49-63(6)7)87-70(75)53-45-37-28-20-16-15-18-24-32-40-48-62(4)5/h61-67,72H,9-60H2,1-8H3,(H,77,78)(H,79,80)/t64?,65?,66-,67-/m1/s1. The van der Waals surface area contributed by atoms with Crippen LogP contribution in [0.2, 0.25) is 0 Å². The summed E-state index contributed by atoms with van der Waals surface area (Å²) in [5.41, 5.74) is 0. The Kier molecular flexibility index (Phi) is 59.4. The Hall–Kier alpha value is -1.94. The molecule has 0 fully saturated rings. The van der Waals surface area contributed by atoms with Gasteiger partial charge in [0, 0.05) is 25.7 Å². The highest BCUT2D eigenvalue weighted by Gasteiger charge is 2.30. The lowest BCUT2D eigenvalue weighted by atomic mass is 10.00. The average molecular weight is 1330 g/mol. The molecule has 0 aromatic heterocycles. The van der Waals surface area contributed by atoms with E-state index in [0.29, 0.717) is 25.7 Å². The van der Waals surface area contributed by atoms with E-state index in [0.717, 1.165) is 114 Å². The highest BCUT2D eigenvalue weighted by atomic mass is 31.2. The van der Waals surface area contributed by atoms with Gasteiger partial charge in [-0.3, -0.25) is 37.3 Å². The number of carbonyl (C=O) groups excluding carboxylic acids is 4. The van der Waals surface area contributed by atoms with Crippen molar-refractivity contribution < 1.29 is 80.2 Å². The largest absolute Gasteiger partial charge is 0.472 e. The molecular formula is C71H138O17P2. The van der Waals surface area contributed by atoms with Crippen LogP contribution in [0.4, 0.5) is 0 Å². The number of aliphatic hydroxyl groups is 1. The topological polar surface area (TPSA) is 237 Å². The van der Waals surface area contributed by atoms with Crippen LogP contribution in [-0.2, 0) is 65.4 Å². The van der Waals surface area contributed by atoms with E-state index in [1.54, 1.807) is 0 Å². The van der Waals surface area contributed by atoms with Crippen LogP contribution in [0.3, 0.4) is 0 Å². The molecule has 0 aliphatic rings. The van der Waals surface area contributed by atoms with Crippen LogP contribution in [-0.4, -0.2) is 96.7 Å². The number of rotatable bonds is 68. The molecule has 6 atom stereocenters. The molecule has 4 unspecified atom stereocenters. The van der Waals surface area contributed by atoms with Gasteiger partial charge in [0.2, 0.25) is 0 Å². The van der Waals surface area contributed by atoms with E-state index in [9.17, 15) is 43.2 Å². The summed E-state index contributed by atoms with van der Waals surface area (Å²) in [4.78, 5) is 72.6. The summed E-state index contributed by atoms with van der Waals surface area (Å²) >= 11 is 0. The lowest BCUT2D eigenvalue weighted by Gasteiger charge is -2.21. The van der Waals surface area contributed by atoms with Crippen molar-refractivity contribution >= 4 is 39.5 Å². The summed E-state index contributed by atoms with van der Waals surface area (Å²) in [6.07, 6.45) is 43.1. The van der Waals surface area contributed by atoms with Gasteiger partial charge < -0.3 is 33.8 Å². The maximum absolute atomic E-state index is 13.0. The van der Waals surface area contributed by atoms with Gasteiger partial charge in [-0.15, -0.1) is 0 Å². The molecule has 0 aromatic rings. The number of esters is 4. The van der Waals surface area contributed by atoms with Gasteiger partial charge >= 0.3 is 39.5 Å². The Morgan fingerprint density at radius 2 is 0.533 bits per heavy atom. The number of aliphatic hydroxyl groups excluding tert-OH is 1. The van der Waals surface area contributed by atoms with Crippen LogP contribution in [0.5, 0.6) is 0 Å². The Bertz CT molecular complexity index is 1780. The molecule has 0 saturated heterocycles. The molecule has 0 bridgehead atoms. The van der Waals surface area contributed by atoms with Gasteiger partial charge in [-0.05, 0) is 49.4 Å². The van der Waals surface area contributed by atoms with Gasteiger partial charge in [0.15, 0.2) is 12.2 Å². The summed E-state index contributed by atoms with van der Waals surface area (Å²) < 4.78 is 68.3. The summed E-state index contributed by atoms with van der Waals surface area (Å²) in [5.74, 6) is 0.859. The fourth-order valence-corrected chi connectivity index (χ4v) is 12.2. The van der Waals surface area contributed by atoms with Crippen LogP contribution in [0.15, 0.2) is 0 Å². The third-order valence-corrected chi connectivity index (χ3v) is 18.6. The zero-order chi connectivity index (χ0) is 66.8. The van der Waals surface area contributed by atoms with Gasteiger partial charge in [0.05, 0.1) is 26.4 Å². The number of phosphoric acid groups is 2. The normalized spacial score (nSPS) is 14.6. The Morgan fingerprint density at radius 3 is 0.789 bits per heavy atom. The second-order valence-electron chi connectivity index (χ2n) is 27.3. The molecule has 0 spiro atoms. The van der Waals surface area contributed by atoms with Crippen molar-refractivity contribution in [2.24, 2.45) is 23.7 Å². The first-order valence-electron chi connectivity index (χ1n) is 36.7. The van der Waals surface area contributed by atoms with E-state index in [1.165, 1.54) is 154 Å². The van der Waals surface area contributed by atoms with Crippen molar-refractivity contribution in [3.8, 4) is 0 Å². The Labute approximate surface area is 549 Å². The maximum atomic E-state index is 13.0. The van der Waals surface area contributed by atoms with E-state index in [2.05, 4.69) is 55.4 Å². The molecule has 90 heavy (non-hydrogen) atoms. The van der Waals surface area contributed by atoms with Crippen molar-refractivity contribution in [2.45, 2.75) is 369 Å². The summed E-state index contributed by atoms with van der Waals surface area (Å²) in [5, 5.41) is 10.6. The second-order valence-corrected chi connectivity index (χ2v) is 30.2. The van der Waals surface area contributed by atoms with E-state index in [4.69, 9.17) is 37.0 Å². The van der Waals surface area contributed by atoms with E-state index >= 15 is 0 Å². The molecule has 3 N–H and O–H groups in total. The number of unbranched alkanes of at least 4 members (excludes halogenated alkanes) is 33. The number of carbonyl (C=O) groups is 4. The zero-order valence-electron chi connectivity index (χ0n) is 58.8. The first kappa shape index (κ1) is 88.1. The van der Waals surface area contributed by atoms with Gasteiger partial charge in [-0.1, -0.05) is 299 Å². The smallest absolute Gasteiger partial charge is 0.462 e. The van der Waals surface area contributed by atoms with Crippen molar-refractivity contribution in [3.63, 3.8) is 0 Å². The zero-order valence-corrected chi connectivity index (χ0v) is 60.6. The number of phosphoric ester groups is 2. The molecular weight excluding hydrogens is 1190 g/mol. The molecule has 0 heterocycles. The monoisotopic (exact) mass is 1320 g/mol. The summed E-state index contributed by atoms with van der Waals surface area (Å²) in [7, 11) is -9.90. The molecule has 534 valence electrons. The molecule has 17 nitrogen and oxygen atoms in total. The van der Waals surface area contributed by atoms with Gasteiger partial charge in [-0.2, -0.15) is 0 Å². The lowest BCUT2D eigenvalue weighted by Crippen LogP contribution is -2.30. The van der Waals surface area contributed by atoms with Crippen molar-refractivity contribution in [3.05, 3.63) is 0 Å². The first-order valence-corrected chi connectivity index (χ1v) is 39.7. The highest BCUT2D eigenvalue weighted by Crippen LogP contribution is 2.45. The number of hydrogen-bond acceptors (Lipinski definition) is 15. The van der Waals surface area contributed by atoms with Crippen LogP contribution in [0, 0.1) is 23.7 Å². The Morgan fingerprint density at radius 1 is 0.311 bits per heavy atom. The molecule has 0 aromatic carbocycles. The fourth-order valence-electron chi connectivity index (χ4n) is 10.6. The van der Waals surface area contributed by atoms with Crippen LogP contribution >= 0.6 is 15.6 Å². The molecule has 0 aliphatic heterocycles. The number of hydrogen-bond donors (Lipinski definition) is 3. The van der Waals surface area contributed by atoms with Crippen LogP contribution < -0.4 is 0 Å². The summed E-state index contributed by atoms with van der Waals surface area (Å²) in [6.45, 7) is 14.1. The van der Waals surface area contributed by atoms with Crippen LogP contribution in [0.25, 0.3) is 0 Å². The predicted octanol–water partition coefficient (Wildman–Crippen LogP) is 20.1.